The van der Waals surface area contributed by atoms with Gasteiger partial charge in [-0.1, -0.05) is 48.0 Å². The quantitative estimate of drug-likeness (QED) is 0.432. The molecule has 29 heavy (non-hydrogen) atoms. The van der Waals surface area contributed by atoms with E-state index in [0.29, 0.717) is 33.0 Å². The number of aliphatic carboxylic acids is 1. The molecule has 0 saturated heterocycles. The van der Waals surface area contributed by atoms with Gasteiger partial charge in [0.25, 0.3) is 11.3 Å². The zero-order chi connectivity index (χ0) is 20.7. The standard InChI is InChI=1S/C21H17ClN2O4S/c1-13-21(17-11-15(22)9-10-18(17)23(13)12-20(25)26)24(29(27)28)19-8-4-6-14-5-2-3-7-16(14)19/h2-11H,12H2,1H3,(H,25,26)(H,27,28). The Hall–Kier alpha value is -2.87. The zero-order valence-corrected chi connectivity index (χ0v) is 16.9. The number of carboxylic acid groups (broad SMARTS) is 1. The van der Waals surface area contributed by atoms with Crippen LogP contribution in [0.15, 0.2) is 60.7 Å². The van der Waals surface area contributed by atoms with Gasteiger partial charge in [0.2, 0.25) is 0 Å². The molecule has 8 heteroatoms. The molecule has 1 heterocycles. The number of nitrogens with zero attached hydrogens (tertiary/aromatic N) is 2. The number of hydrogen-bond acceptors (Lipinski definition) is 2. The molecule has 0 aliphatic heterocycles. The van der Waals surface area contributed by atoms with E-state index < -0.39 is 17.2 Å². The van der Waals surface area contributed by atoms with Crippen molar-refractivity contribution >= 4 is 61.9 Å². The highest BCUT2D eigenvalue weighted by Crippen LogP contribution is 2.41. The number of carbonyl (C=O) groups is 1. The largest absolute Gasteiger partial charge is 0.480 e. The van der Waals surface area contributed by atoms with Gasteiger partial charge in [-0.15, -0.1) is 0 Å². The van der Waals surface area contributed by atoms with Crippen LogP contribution < -0.4 is 4.31 Å². The lowest BCUT2D eigenvalue weighted by atomic mass is 10.1. The van der Waals surface area contributed by atoms with Crippen molar-refractivity contribution in [2.45, 2.75) is 13.5 Å². The monoisotopic (exact) mass is 428 g/mol. The summed E-state index contributed by atoms with van der Waals surface area (Å²) >= 11 is 3.80. The highest BCUT2D eigenvalue weighted by atomic mass is 35.5. The highest BCUT2D eigenvalue weighted by Gasteiger charge is 2.26. The topological polar surface area (TPSA) is 82.8 Å². The molecule has 4 rings (SSSR count). The number of anilines is 2. The molecular weight excluding hydrogens is 412 g/mol. The van der Waals surface area contributed by atoms with Crippen molar-refractivity contribution in [2.75, 3.05) is 4.31 Å². The molecule has 3 aromatic carbocycles. The normalized spacial score (nSPS) is 12.4. The van der Waals surface area contributed by atoms with Gasteiger partial charge in [-0.3, -0.25) is 9.35 Å². The first-order valence-electron chi connectivity index (χ1n) is 8.77. The van der Waals surface area contributed by atoms with Gasteiger partial charge in [-0.05, 0) is 36.6 Å². The summed E-state index contributed by atoms with van der Waals surface area (Å²) < 4.78 is 25.7. The van der Waals surface area contributed by atoms with Gasteiger partial charge in [0.05, 0.1) is 16.9 Å². The minimum absolute atomic E-state index is 0.272. The van der Waals surface area contributed by atoms with Gasteiger partial charge in [-0.2, -0.15) is 0 Å². The third-order valence-electron chi connectivity index (χ3n) is 4.89. The van der Waals surface area contributed by atoms with Gasteiger partial charge < -0.3 is 9.67 Å². The average molecular weight is 429 g/mol. The molecule has 1 unspecified atom stereocenters. The van der Waals surface area contributed by atoms with E-state index in [-0.39, 0.29) is 6.54 Å². The van der Waals surface area contributed by atoms with E-state index in [9.17, 15) is 18.7 Å². The molecule has 0 amide bonds. The Morgan fingerprint density at radius 3 is 2.55 bits per heavy atom. The first-order valence-corrected chi connectivity index (χ1v) is 10.2. The van der Waals surface area contributed by atoms with Crippen molar-refractivity contribution in [3.8, 4) is 0 Å². The summed E-state index contributed by atoms with van der Waals surface area (Å²) in [4.78, 5) is 11.4. The third-order valence-corrected chi connectivity index (χ3v) is 5.82. The Morgan fingerprint density at radius 2 is 1.83 bits per heavy atom. The molecule has 6 nitrogen and oxygen atoms in total. The highest BCUT2D eigenvalue weighted by molar-refractivity contribution is 7.81. The van der Waals surface area contributed by atoms with Gasteiger partial charge in [0.15, 0.2) is 0 Å². The molecule has 0 radical (unpaired) electrons. The fourth-order valence-corrected chi connectivity index (χ4v) is 4.59. The Labute approximate surface area is 174 Å². The van der Waals surface area contributed by atoms with E-state index in [1.54, 1.807) is 35.8 Å². The number of benzene rings is 3. The van der Waals surface area contributed by atoms with Crippen molar-refractivity contribution in [3.63, 3.8) is 0 Å². The van der Waals surface area contributed by atoms with E-state index in [1.165, 1.54) is 4.31 Å². The second kappa shape index (κ2) is 7.51. The first-order chi connectivity index (χ1) is 13.9. The molecule has 0 aliphatic rings. The van der Waals surface area contributed by atoms with Gasteiger partial charge >= 0.3 is 5.97 Å². The lowest BCUT2D eigenvalue weighted by Crippen LogP contribution is -2.21. The fourth-order valence-electron chi connectivity index (χ4n) is 3.70. The van der Waals surface area contributed by atoms with Gasteiger partial charge in [0, 0.05) is 21.5 Å². The van der Waals surface area contributed by atoms with Crippen molar-refractivity contribution in [3.05, 3.63) is 71.4 Å². The van der Waals surface area contributed by atoms with Gasteiger partial charge in [0.1, 0.15) is 6.54 Å². The van der Waals surface area contributed by atoms with Crippen LogP contribution in [0.25, 0.3) is 21.7 Å². The van der Waals surface area contributed by atoms with Crippen molar-refractivity contribution in [1.82, 2.24) is 4.57 Å². The van der Waals surface area contributed by atoms with Crippen LogP contribution in [0.1, 0.15) is 5.69 Å². The van der Waals surface area contributed by atoms with Gasteiger partial charge in [-0.25, -0.2) is 8.51 Å². The van der Waals surface area contributed by atoms with E-state index in [4.69, 9.17) is 11.6 Å². The second-order valence-electron chi connectivity index (χ2n) is 6.60. The van der Waals surface area contributed by atoms with Crippen LogP contribution in [-0.4, -0.2) is 24.4 Å². The summed E-state index contributed by atoms with van der Waals surface area (Å²) in [7, 11) is 0. The first kappa shape index (κ1) is 19.4. The number of fused-ring (bicyclic) bond motifs is 2. The Kier molecular flexibility index (Phi) is 5.04. The lowest BCUT2D eigenvalue weighted by molar-refractivity contribution is -0.137. The summed E-state index contributed by atoms with van der Waals surface area (Å²) in [6.07, 6.45) is 0. The van der Waals surface area contributed by atoms with Crippen LogP contribution in [0.2, 0.25) is 5.02 Å². The lowest BCUT2D eigenvalue weighted by Gasteiger charge is -2.22. The van der Waals surface area contributed by atoms with Crippen molar-refractivity contribution in [2.24, 2.45) is 0 Å². The Balaban J connectivity index is 2.07. The summed E-state index contributed by atoms with van der Waals surface area (Å²) in [5.74, 6) is -1.01. The van der Waals surface area contributed by atoms with Crippen LogP contribution in [-0.2, 0) is 22.6 Å². The Morgan fingerprint density at radius 1 is 1.10 bits per heavy atom. The molecular formula is C21H17ClN2O4S. The summed E-state index contributed by atoms with van der Waals surface area (Å²) in [6, 6.07) is 18.1. The summed E-state index contributed by atoms with van der Waals surface area (Å²) in [5, 5.41) is 12.1. The minimum atomic E-state index is -2.40. The van der Waals surface area contributed by atoms with E-state index in [2.05, 4.69) is 0 Å². The van der Waals surface area contributed by atoms with Crippen LogP contribution in [0.4, 0.5) is 11.4 Å². The second-order valence-corrected chi connectivity index (χ2v) is 7.86. The Bertz CT molecular complexity index is 1280. The third kappa shape index (κ3) is 3.37. The molecule has 2 N–H and O–H groups in total. The predicted molar refractivity (Wildman–Crippen MR) is 116 cm³/mol. The molecule has 0 aliphatic carbocycles. The van der Waals surface area contributed by atoms with Crippen LogP contribution in [0, 0.1) is 6.92 Å². The molecule has 0 fully saturated rings. The fraction of sp³-hybridized carbons (Fsp3) is 0.0952. The summed E-state index contributed by atoms with van der Waals surface area (Å²) in [5.41, 5.74) is 2.17. The maximum atomic E-state index is 12.5. The molecule has 4 aromatic rings. The van der Waals surface area contributed by atoms with E-state index in [1.807, 2.05) is 36.4 Å². The molecule has 148 valence electrons. The zero-order valence-electron chi connectivity index (χ0n) is 15.4. The van der Waals surface area contributed by atoms with Crippen LogP contribution >= 0.6 is 11.6 Å². The number of halogens is 1. The van der Waals surface area contributed by atoms with E-state index in [0.717, 1.165) is 10.8 Å². The van der Waals surface area contributed by atoms with E-state index >= 15 is 0 Å². The number of aromatic nitrogens is 1. The number of rotatable bonds is 5. The van der Waals surface area contributed by atoms with Crippen molar-refractivity contribution < 1.29 is 18.7 Å². The number of hydrogen-bond donors (Lipinski definition) is 2. The number of carboxylic acids is 1. The molecule has 0 spiro atoms. The molecule has 0 saturated carbocycles. The SMILES string of the molecule is Cc1c(N(c2cccc3ccccc23)S(=O)O)c2cc(Cl)ccc2n1CC(=O)O. The smallest absolute Gasteiger partial charge is 0.323 e. The maximum absolute atomic E-state index is 12.5. The predicted octanol–water partition coefficient (Wildman–Crippen LogP) is 5.12. The molecule has 1 atom stereocenters. The van der Waals surface area contributed by atoms with Crippen molar-refractivity contribution in [1.29, 1.82) is 0 Å². The minimum Gasteiger partial charge on any atom is -0.480 e. The molecule has 0 bridgehead atoms. The average Bonchev–Trinajstić information content (AvgIpc) is 2.93. The van der Waals surface area contributed by atoms with Crippen LogP contribution in [0.3, 0.4) is 0 Å². The van der Waals surface area contributed by atoms with Crippen LogP contribution in [0.5, 0.6) is 0 Å². The summed E-state index contributed by atoms with van der Waals surface area (Å²) in [6.45, 7) is 1.46. The molecule has 1 aromatic heterocycles. The maximum Gasteiger partial charge on any atom is 0.323 e.